The van der Waals surface area contributed by atoms with Crippen molar-refractivity contribution in [3.05, 3.63) is 35.2 Å². The smallest absolute Gasteiger partial charge is 0.202 e. The van der Waals surface area contributed by atoms with E-state index in [1.54, 1.807) is 12.1 Å². The second-order valence-corrected chi connectivity index (χ2v) is 4.07. The summed E-state index contributed by atoms with van der Waals surface area (Å²) in [5.74, 6) is -0.268. The maximum atomic E-state index is 13.9. The third-order valence-corrected chi connectivity index (χ3v) is 2.80. The molecule has 3 rings (SSSR count). The number of benzene rings is 1. The van der Waals surface area contributed by atoms with E-state index in [2.05, 4.69) is 20.2 Å². The highest BCUT2D eigenvalue weighted by Gasteiger charge is 2.15. The molecule has 5 nitrogen and oxygen atoms in total. The van der Waals surface area contributed by atoms with Crippen LogP contribution in [0.15, 0.2) is 24.4 Å². The van der Waals surface area contributed by atoms with Gasteiger partial charge in [-0.25, -0.2) is 14.4 Å². The topological polar surface area (TPSA) is 80.5 Å². The Morgan fingerprint density at radius 1 is 1.33 bits per heavy atom. The van der Waals surface area contributed by atoms with Crippen molar-refractivity contribution < 1.29 is 4.39 Å². The molecule has 3 N–H and O–H groups in total. The summed E-state index contributed by atoms with van der Waals surface area (Å²) in [6.07, 6.45) is 1.39. The van der Waals surface area contributed by atoms with Crippen LogP contribution >= 0.6 is 11.6 Å². The predicted molar refractivity (Wildman–Crippen MR) is 66.5 cm³/mol. The number of nitrogens with one attached hydrogen (secondary N) is 1. The fraction of sp³-hybridized carbons (Fsp3) is 0. The quantitative estimate of drug-likeness (QED) is 0.706. The van der Waals surface area contributed by atoms with Crippen LogP contribution in [-0.2, 0) is 0 Å². The van der Waals surface area contributed by atoms with E-state index in [9.17, 15) is 4.39 Å². The molecule has 1 aromatic carbocycles. The molecule has 0 aliphatic rings. The van der Waals surface area contributed by atoms with E-state index in [1.807, 2.05) is 0 Å². The number of aromatic amines is 1. The fourth-order valence-electron chi connectivity index (χ4n) is 1.69. The van der Waals surface area contributed by atoms with Crippen LogP contribution in [0.25, 0.3) is 22.4 Å². The summed E-state index contributed by atoms with van der Waals surface area (Å²) in [6, 6.07) is 4.72. The molecule has 0 atom stereocenters. The largest absolute Gasteiger partial charge is 0.382 e. The first-order valence-electron chi connectivity index (χ1n) is 5.08. The number of H-pyrrole nitrogens is 1. The zero-order valence-electron chi connectivity index (χ0n) is 8.98. The molecule has 0 spiro atoms. The number of hydrogen-bond donors (Lipinski definition) is 2. The van der Waals surface area contributed by atoms with E-state index < -0.39 is 5.82 Å². The lowest BCUT2D eigenvalue weighted by Crippen LogP contribution is -1.92. The predicted octanol–water partition coefficient (Wildman–Crippen LogP) is 2.39. The van der Waals surface area contributed by atoms with Crippen molar-refractivity contribution in [3.63, 3.8) is 0 Å². The Morgan fingerprint density at radius 3 is 3.00 bits per heavy atom. The summed E-state index contributed by atoms with van der Waals surface area (Å²) in [5, 5.41) is 6.67. The van der Waals surface area contributed by atoms with E-state index in [-0.39, 0.29) is 10.8 Å². The molecule has 90 valence electrons. The number of nitrogen functional groups attached to an aromatic ring is 1. The van der Waals surface area contributed by atoms with Gasteiger partial charge in [0.1, 0.15) is 11.3 Å². The number of nitrogens with two attached hydrogens (primary N) is 1. The summed E-state index contributed by atoms with van der Waals surface area (Å²) in [5.41, 5.74) is 7.01. The molecule has 2 aromatic heterocycles. The molecule has 0 saturated heterocycles. The summed E-state index contributed by atoms with van der Waals surface area (Å²) < 4.78 is 13.9. The van der Waals surface area contributed by atoms with Crippen LogP contribution in [0, 0.1) is 5.82 Å². The molecule has 0 fully saturated rings. The second kappa shape index (κ2) is 3.92. The van der Waals surface area contributed by atoms with Gasteiger partial charge in [-0.2, -0.15) is 5.10 Å². The van der Waals surface area contributed by atoms with Crippen LogP contribution in [0.1, 0.15) is 0 Å². The lowest BCUT2D eigenvalue weighted by atomic mass is 10.1. The first-order chi connectivity index (χ1) is 8.66. The summed E-state index contributed by atoms with van der Waals surface area (Å²) in [6.45, 7) is 0. The van der Waals surface area contributed by atoms with Crippen molar-refractivity contribution in [2.45, 2.75) is 0 Å². The highest BCUT2D eigenvalue weighted by molar-refractivity contribution is 6.31. The minimum Gasteiger partial charge on any atom is -0.382 e. The van der Waals surface area contributed by atoms with E-state index in [4.69, 9.17) is 17.3 Å². The van der Waals surface area contributed by atoms with Crippen LogP contribution in [-0.4, -0.2) is 20.2 Å². The Hall–Kier alpha value is -2.21. The molecule has 0 saturated carbocycles. The number of hydrogen-bond acceptors (Lipinski definition) is 4. The molecule has 0 bridgehead atoms. The van der Waals surface area contributed by atoms with E-state index in [1.165, 1.54) is 12.3 Å². The monoisotopic (exact) mass is 263 g/mol. The Labute approximate surface area is 106 Å². The highest BCUT2D eigenvalue weighted by Crippen LogP contribution is 2.29. The number of anilines is 1. The second-order valence-electron chi connectivity index (χ2n) is 3.67. The molecular weight excluding hydrogens is 257 g/mol. The molecule has 3 aromatic rings. The van der Waals surface area contributed by atoms with Crippen molar-refractivity contribution in [2.75, 3.05) is 5.73 Å². The van der Waals surface area contributed by atoms with Gasteiger partial charge in [-0.3, -0.25) is 5.10 Å². The van der Waals surface area contributed by atoms with Gasteiger partial charge in [0, 0.05) is 5.56 Å². The SMILES string of the molecule is Nc1cnc2c(-c3cccc(Cl)c3F)[nH]nc2n1. The normalized spacial score (nSPS) is 11.0. The lowest BCUT2D eigenvalue weighted by Gasteiger charge is -2.01. The minimum atomic E-state index is -0.525. The van der Waals surface area contributed by atoms with Gasteiger partial charge in [-0.15, -0.1) is 0 Å². The van der Waals surface area contributed by atoms with Gasteiger partial charge in [0.2, 0.25) is 5.65 Å². The number of aromatic nitrogens is 4. The van der Waals surface area contributed by atoms with Gasteiger partial charge in [-0.05, 0) is 12.1 Å². The number of rotatable bonds is 1. The molecule has 0 aliphatic heterocycles. The maximum absolute atomic E-state index is 13.9. The zero-order valence-corrected chi connectivity index (χ0v) is 9.74. The van der Waals surface area contributed by atoms with Gasteiger partial charge >= 0.3 is 0 Å². The van der Waals surface area contributed by atoms with Gasteiger partial charge in [-0.1, -0.05) is 17.7 Å². The zero-order chi connectivity index (χ0) is 12.7. The van der Waals surface area contributed by atoms with Crippen LogP contribution in [0.2, 0.25) is 5.02 Å². The van der Waals surface area contributed by atoms with Crippen molar-refractivity contribution in [1.29, 1.82) is 0 Å². The fourth-order valence-corrected chi connectivity index (χ4v) is 1.87. The average Bonchev–Trinajstić information content (AvgIpc) is 2.75. The molecule has 0 aliphatic carbocycles. The molecule has 0 amide bonds. The van der Waals surface area contributed by atoms with E-state index in [0.29, 0.717) is 22.4 Å². The first-order valence-corrected chi connectivity index (χ1v) is 5.45. The molecular formula is C11H7ClFN5. The third-order valence-electron chi connectivity index (χ3n) is 2.50. The van der Waals surface area contributed by atoms with Crippen molar-refractivity contribution in [1.82, 2.24) is 20.2 Å². The maximum Gasteiger partial charge on any atom is 0.202 e. The third kappa shape index (κ3) is 1.58. The molecule has 7 heteroatoms. The van der Waals surface area contributed by atoms with Crippen LogP contribution in [0.5, 0.6) is 0 Å². The number of nitrogens with zero attached hydrogens (tertiary/aromatic N) is 3. The lowest BCUT2D eigenvalue weighted by molar-refractivity contribution is 0.631. The van der Waals surface area contributed by atoms with Gasteiger partial charge < -0.3 is 5.73 Å². The van der Waals surface area contributed by atoms with Crippen molar-refractivity contribution in [3.8, 4) is 11.3 Å². The standard InChI is InChI=1S/C11H7ClFN5/c12-6-3-1-2-5(8(6)13)9-10-11(18-17-9)16-7(14)4-15-10/h1-4H,(H3,14,16,17,18). The molecule has 0 radical (unpaired) electrons. The van der Waals surface area contributed by atoms with Crippen LogP contribution < -0.4 is 5.73 Å². The van der Waals surface area contributed by atoms with Crippen molar-refractivity contribution >= 4 is 28.6 Å². The number of halogens is 2. The van der Waals surface area contributed by atoms with Crippen molar-refractivity contribution in [2.24, 2.45) is 0 Å². The minimum absolute atomic E-state index is 0.0404. The Morgan fingerprint density at radius 2 is 2.17 bits per heavy atom. The van der Waals surface area contributed by atoms with Gasteiger partial charge in [0.25, 0.3) is 0 Å². The van der Waals surface area contributed by atoms with E-state index >= 15 is 0 Å². The Balaban J connectivity index is 2.29. The Kier molecular flexibility index (Phi) is 2.38. The van der Waals surface area contributed by atoms with Crippen LogP contribution in [0.3, 0.4) is 0 Å². The van der Waals surface area contributed by atoms with Gasteiger partial charge in [0.05, 0.1) is 16.9 Å². The van der Waals surface area contributed by atoms with Gasteiger partial charge in [0.15, 0.2) is 5.82 Å². The highest BCUT2D eigenvalue weighted by atomic mass is 35.5. The molecule has 2 heterocycles. The number of fused-ring (bicyclic) bond motifs is 1. The summed E-state index contributed by atoms with van der Waals surface area (Å²) in [7, 11) is 0. The Bertz CT molecular complexity index is 739. The summed E-state index contributed by atoms with van der Waals surface area (Å²) >= 11 is 5.74. The first kappa shape index (κ1) is 10.9. The molecule has 18 heavy (non-hydrogen) atoms. The summed E-state index contributed by atoms with van der Waals surface area (Å²) in [4.78, 5) is 8.09. The molecule has 0 unspecified atom stereocenters. The van der Waals surface area contributed by atoms with E-state index in [0.717, 1.165) is 0 Å². The average molecular weight is 264 g/mol. The van der Waals surface area contributed by atoms with Crippen LogP contribution in [0.4, 0.5) is 10.2 Å².